The number of aromatic carboxylic acids is 1. The number of hydrogen-bond donors (Lipinski definition) is 4. The van der Waals surface area contributed by atoms with E-state index < -0.39 is 27.6 Å². The van der Waals surface area contributed by atoms with Gasteiger partial charge in [-0.15, -0.1) is 0 Å². The highest BCUT2D eigenvalue weighted by molar-refractivity contribution is 7.79. The van der Waals surface area contributed by atoms with Gasteiger partial charge in [-0.1, -0.05) is 11.6 Å². The minimum atomic E-state index is -4.67. The van der Waals surface area contributed by atoms with Crippen molar-refractivity contribution in [2.24, 2.45) is 5.92 Å². The van der Waals surface area contributed by atoms with E-state index in [-0.39, 0.29) is 22.0 Å². The van der Waals surface area contributed by atoms with Crippen molar-refractivity contribution < 1.29 is 31.8 Å². The van der Waals surface area contributed by atoms with Gasteiger partial charge in [0.05, 0.1) is 21.6 Å². The van der Waals surface area contributed by atoms with Crippen LogP contribution in [0.4, 0.5) is 10.1 Å². The van der Waals surface area contributed by atoms with E-state index in [0.717, 1.165) is 38.8 Å². The molecule has 33 heavy (non-hydrogen) atoms. The van der Waals surface area contributed by atoms with Gasteiger partial charge in [0.25, 0.3) is 0 Å². The van der Waals surface area contributed by atoms with Crippen molar-refractivity contribution in [2.75, 3.05) is 24.5 Å². The first-order valence-electron chi connectivity index (χ1n) is 10.4. The van der Waals surface area contributed by atoms with E-state index in [2.05, 4.69) is 5.32 Å². The van der Waals surface area contributed by atoms with Gasteiger partial charge < -0.3 is 19.9 Å². The largest absolute Gasteiger partial charge is 0.477 e. The average Bonchev–Trinajstić information content (AvgIpc) is 3.46. The van der Waals surface area contributed by atoms with Crippen LogP contribution in [0, 0.1) is 11.7 Å². The summed E-state index contributed by atoms with van der Waals surface area (Å²) in [5.41, 5.74) is -0.275. The predicted octanol–water partition coefficient (Wildman–Crippen LogP) is 2.36. The van der Waals surface area contributed by atoms with Crippen LogP contribution in [0.1, 0.15) is 42.1 Å². The van der Waals surface area contributed by atoms with Gasteiger partial charge in [-0.3, -0.25) is 13.9 Å². The Bertz CT molecular complexity index is 1260. The molecule has 5 rings (SSSR count). The van der Waals surface area contributed by atoms with Crippen molar-refractivity contribution in [1.29, 1.82) is 0 Å². The summed E-state index contributed by atoms with van der Waals surface area (Å²) in [5.74, 6) is -1.42. The van der Waals surface area contributed by atoms with Gasteiger partial charge in [-0.05, 0) is 44.2 Å². The minimum Gasteiger partial charge on any atom is -0.477 e. The molecule has 0 bridgehead atoms. The lowest BCUT2D eigenvalue weighted by Gasteiger charge is -2.24. The first-order chi connectivity index (χ1) is 15.5. The number of hydrogen-bond acceptors (Lipinski definition) is 6. The Balaban J connectivity index is 0.000000471. The van der Waals surface area contributed by atoms with Crippen LogP contribution in [0.3, 0.4) is 0 Å². The monoisotopic (exact) mass is 503 g/mol. The molecule has 1 aromatic heterocycles. The number of carboxylic acid groups (broad SMARTS) is 1. The Labute approximate surface area is 193 Å². The molecular weight excluding hydrogens is 481 g/mol. The Kier molecular flexibility index (Phi) is 6.40. The molecular formula is C20H23ClFN3O7S. The lowest BCUT2D eigenvalue weighted by molar-refractivity contribution is 0.0694. The van der Waals surface area contributed by atoms with Crippen molar-refractivity contribution >= 4 is 44.6 Å². The third kappa shape index (κ3) is 4.99. The van der Waals surface area contributed by atoms with Crippen molar-refractivity contribution in [2.45, 2.75) is 37.8 Å². The minimum absolute atomic E-state index is 0.0350. The van der Waals surface area contributed by atoms with Crippen molar-refractivity contribution in [3.05, 3.63) is 38.9 Å². The number of fused-ring (bicyclic) bond motifs is 2. The number of halogens is 2. The molecule has 1 aliphatic carbocycles. The molecule has 10 nitrogen and oxygen atoms in total. The third-order valence-electron chi connectivity index (χ3n) is 6.27. The molecule has 13 heteroatoms. The van der Waals surface area contributed by atoms with E-state index >= 15 is 4.39 Å². The molecule has 2 aromatic rings. The zero-order chi connectivity index (χ0) is 24.1. The highest BCUT2D eigenvalue weighted by Gasteiger charge is 2.37. The van der Waals surface area contributed by atoms with Gasteiger partial charge in [0, 0.05) is 31.4 Å². The summed E-state index contributed by atoms with van der Waals surface area (Å²) in [6, 6.07) is 1.58. The van der Waals surface area contributed by atoms with E-state index in [1.54, 1.807) is 4.57 Å². The summed E-state index contributed by atoms with van der Waals surface area (Å²) in [5, 5.41) is 13.1. The van der Waals surface area contributed by atoms with Gasteiger partial charge >= 0.3 is 16.4 Å². The van der Waals surface area contributed by atoms with Gasteiger partial charge in [0.2, 0.25) is 5.43 Å². The summed E-state index contributed by atoms with van der Waals surface area (Å²) >= 11 is 6.70. The molecule has 0 unspecified atom stereocenters. The average molecular weight is 504 g/mol. The number of aromatic nitrogens is 1. The maximum atomic E-state index is 15.1. The van der Waals surface area contributed by atoms with E-state index in [4.69, 9.17) is 29.1 Å². The van der Waals surface area contributed by atoms with Gasteiger partial charge in [-0.2, -0.15) is 8.42 Å². The molecule has 3 fully saturated rings. The molecule has 2 aliphatic heterocycles. The Morgan fingerprint density at radius 3 is 2.45 bits per heavy atom. The van der Waals surface area contributed by atoms with Gasteiger partial charge in [-0.25, -0.2) is 9.18 Å². The standard InChI is InChI=1S/C20H21ClFN3O3.H2O4S/c21-16-17-12(19(26)13(20(27)28)8-25(17)11-3-4-11)6-14(22)18(16)24-7-10-2-1-5-23-15(10)9-24;1-5(2,3)4/h6,8,10-11,15,23H,1-5,7,9H2,(H,27,28);(H2,1,2,3,4)/t10-,15+;/m0./s1. The molecule has 0 spiro atoms. The smallest absolute Gasteiger partial charge is 0.394 e. The maximum absolute atomic E-state index is 15.1. The zero-order valence-electron chi connectivity index (χ0n) is 17.4. The maximum Gasteiger partial charge on any atom is 0.394 e. The number of carbonyl (C=O) groups is 1. The van der Waals surface area contributed by atoms with Crippen molar-refractivity contribution in [3.63, 3.8) is 0 Å². The molecule has 3 aliphatic rings. The van der Waals surface area contributed by atoms with Crippen LogP contribution in [0.5, 0.6) is 0 Å². The zero-order valence-corrected chi connectivity index (χ0v) is 18.9. The van der Waals surface area contributed by atoms with Crippen LogP contribution in [0.25, 0.3) is 10.9 Å². The normalized spacial score (nSPS) is 22.6. The first-order valence-corrected chi connectivity index (χ1v) is 12.2. The SMILES string of the molecule is O=C(O)c1cn(C2CC2)c2c(Cl)c(N3C[C@@H]4CCCN[C@@H]4C3)c(F)cc2c1=O.O=S(=O)(O)O. The lowest BCUT2D eigenvalue weighted by atomic mass is 9.94. The van der Waals surface area contributed by atoms with Crippen molar-refractivity contribution in [3.8, 4) is 0 Å². The number of anilines is 1. The van der Waals surface area contributed by atoms with E-state index in [1.165, 1.54) is 12.3 Å². The second kappa shape index (κ2) is 8.84. The first kappa shape index (κ1) is 23.9. The van der Waals surface area contributed by atoms with Crippen LogP contribution >= 0.6 is 11.6 Å². The second-order valence-corrected chi connectivity index (χ2v) is 9.82. The Hall–Kier alpha value is -2.25. The van der Waals surface area contributed by atoms with Crippen LogP contribution in [-0.2, 0) is 10.4 Å². The molecule has 0 radical (unpaired) electrons. The quantitative estimate of drug-likeness (QED) is 0.463. The van der Waals surface area contributed by atoms with Gasteiger partial charge in [0.1, 0.15) is 11.4 Å². The van der Waals surface area contributed by atoms with Crippen LogP contribution < -0.4 is 15.6 Å². The van der Waals surface area contributed by atoms with E-state index in [0.29, 0.717) is 29.7 Å². The van der Waals surface area contributed by atoms with Crippen LogP contribution in [-0.4, -0.2) is 58.8 Å². The number of carboxylic acids is 1. The van der Waals surface area contributed by atoms with Crippen molar-refractivity contribution in [1.82, 2.24) is 9.88 Å². The summed E-state index contributed by atoms with van der Waals surface area (Å²) < 4.78 is 48.5. The number of pyridine rings is 1. The molecule has 180 valence electrons. The molecule has 2 saturated heterocycles. The number of benzene rings is 1. The lowest BCUT2D eigenvalue weighted by Crippen LogP contribution is -2.40. The van der Waals surface area contributed by atoms with E-state index in [9.17, 15) is 14.7 Å². The van der Waals surface area contributed by atoms with E-state index in [1.807, 2.05) is 4.90 Å². The van der Waals surface area contributed by atoms with Gasteiger partial charge in [0.15, 0.2) is 0 Å². The van der Waals surface area contributed by atoms with Crippen LogP contribution in [0.15, 0.2) is 17.1 Å². The molecule has 1 aromatic carbocycles. The molecule has 2 atom stereocenters. The molecule has 0 amide bonds. The summed E-state index contributed by atoms with van der Waals surface area (Å²) in [7, 11) is -4.67. The van der Waals surface area contributed by atoms with Crippen LogP contribution in [0.2, 0.25) is 5.02 Å². The highest BCUT2D eigenvalue weighted by atomic mass is 35.5. The number of rotatable bonds is 3. The Morgan fingerprint density at radius 1 is 1.21 bits per heavy atom. The molecule has 4 N–H and O–H groups in total. The topological polar surface area (TPSA) is 149 Å². The summed E-state index contributed by atoms with van der Waals surface area (Å²) in [6.45, 7) is 2.37. The summed E-state index contributed by atoms with van der Waals surface area (Å²) in [4.78, 5) is 26.1. The molecule has 1 saturated carbocycles. The highest BCUT2D eigenvalue weighted by Crippen LogP contribution is 2.43. The number of piperidine rings is 1. The molecule has 3 heterocycles. The summed E-state index contributed by atoms with van der Waals surface area (Å²) in [6.07, 6.45) is 5.36. The number of nitrogens with one attached hydrogen (secondary N) is 1. The second-order valence-electron chi connectivity index (χ2n) is 8.55. The fourth-order valence-electron chi connectivity index (χ4n) is 4.74. The number of nitrogens with zero attached hydrogens (tertiary/aromatic N) is 2. The fourth-order valence-corrected chi connectivity index (χ4v) is 5.15. The Morgan fingerprint density at radius 2 is 1.88 bits per heavy atom. The predicted molar refractivity (Wildman–Crippen MR) is 119 cm³/mol. The fraction of sp³-hybridized carbons (Fsp3) is 0.500. The third-order valence-corrected chi connectivity index (χ3v) is 6.63.